The number of hydrogen-bond donors (Lipinski definition) is 1. The predicted molar refractivity (Wildman–Crippen MR) is 83.6 cm³/mol. The summed E-state index contributed by atoms with van der Waals surface area (Å²) in [6.45, 7) is 4.67. The number of hydrogen-bond acceptors (Lipinski definition) is 4. The predicted octanol–water partition coefficient (Wildman–Crippen LogP) is 0.748. The van der Waals surface area contributed by atoms with E-state index >= 15 is 0 Å². The minimum Gasteiger partial charge on any atom is -0.338 e. The van der Waals surface area contributed by atoms with Crippen molar-refractivity contribution < 1.29 is 9.59 Å². The SMILES string of the molecule is CC(=O)N1CCc2nc(C3CCCCN3C(C)=O)[nH]c(=O)c2C1. The van der Waals surface area contributed by atoms with Crippen molar-refractivity contribution in [2.24, 2.45) is 0 Å². The van der Waals surface area contributed by atoms with Crippen LogP contribution in [-0.4, -0.2) is 44.7 Å². The highest BCUT2D eigenvalue weighted by atomic mass is 16.2. The topological polar surface area (TPSA) is 86.4 Å². The Labute approximate surface area is 134 Å². The van der Waals surface area contributed by atoms with Gasteiger partial charge in [-0.15, -0.1) is 0 Å². The Morgan fingerprint density at radius 2 is 1.96 bits per heavy atom. The number of amides is 2. The maximum absolute atomic E-state index is 12.4. The van der Waals surface area contributed by atoms with Crippen LogP contribution in [0.1, 0.15) is 56.2 Å². The first kappa shape index (κ1) is 15.7. The van der Waals surface area contributed by atoms with Gasteiger partial charge in [0.2, 0.25) is 11.8 Å². The lowest BCUT2D eigenvalue weighted by Gasteiger charge is -2.35. The molecular weight excluding hydrogens is 296 g/mol. The van der Waals surface area contributed by atoms with Crippen LogP contribution in [0, 0.1) is 0 Å². The molecule has 2 amide bonds. The van der Waals surface area contributed by atoms with Gasteiger partial charge in [0.05, 0.1) is 23.8 Å². The number of aromatic nitrogens is 2. The van der Waals surface area contributed by atoms with Crippen LogP contribution in [0.3, 0.4) is 0 Å². The Balaban J connectivity index is 1.94. The molecule has 3 heterocycles. The summed E-state index contributed by atoms with van der Waals surface area (Å²) in [6.07, 6.45) is 3.41. The summed E-state index contributed by atoms with van der Waals surface area (Å²) < 4.78 is 0. The average molecular weight is 318 g/mol. The van der Waals surface area contributed by atoms with Crippen LogP contribution >= 0.6 is 0 Å². The van der Waals surface area contributed by atoms with Crippen molar-refractivity contribution in [3.63, 3.8) is 0 Å². The standard InChI is InChI=1S/C16H22N4O3/c1-10(21)19-8-6-13-12(9-19)16(23)18-15(17-13)14-5-3-4-7-20(14)11(2)22/h14H,3-9H2,1-2H3,(H,17,18,23). The molecule has 0 spiro atoms. The van der Waals surface area contributed by atoms with Crippen LogP contribution in [0.4, 0.5) is 0 Å². The molecule has 1 saturated heterocycles. The van der Waals surface area contributed by atoms with E-state index in [1.165, 1.54) is 6.92 Å². The van der Waals surface area contributed by atoms with Gasteiger partial charge >= 0.3 is 0 Å². The monoisotopic (exact) mass is 318 g/mol. The molecule has 1 fully saturated rings. The van der Waals surface area contributed by atoms with Crippen LogP contribution in [0.15, 0.2) is 4.79 Å². The van der Waals surface area contributed by atoms with Crippen LogP contribution in [0.2, 0.25) is 0 Å². The first-order valence-corrected chi connectivity index (χ1v) is 8.12. The third-order valence-electron chi connectivity index (χ3n) is 4.76. The van der Waals surface area contributed by atoms with Crippen molar-refractivity contribution in [1.82, 2.24) is 19.8 Å². The molecule has 1 aromatic rings. The summed E-state index contributed by atoms with van der Waals surface area (Å²) in [5, 5.41) is 0. The average Bonchev–Trinajstić information content (AvgIpc) is 2.54. The molecule has 3 rings (SSSR count). The molecule has 2 aliphatic heterocycles. The maximum atomic E-state index is 12.4. The van der Waals surface area contributed by atoms with E-state index in [0.29, 0.717) is 37.4 Å². The highest BCUT2D eigenvalue weighted by Gasteiger charge is 2.30. The minimum absolute atomic E-state index is 0.0119. The lowest BCUT2D eigenvalue weighted by Crippen LogP contribution is -2.41. The lowest BCUT2D eigenvalue weighted by molar-refractivity contribution is -0.133. The molecule has 7 heteroatoms. The quantitative estimate of drug-likeness (QED) is 0.828. The highest BCUT2D eigenvalue weighted by molar-refractivity contribution is 5.74. The van der Waals surface area contributed by atoms with Crippen molar-refractivity contribution in [2.45, 2.75) is 52.1 Å². The Hall–Kier alpha value is -2.18. The second-order valence-corrected chi connectivity index (χ2v) is 6.29. The van der Waals surface area contributed by atoms with E-state index in [1.807, 2.05) is 0 Å². The van der Waals surface area contributed by atoms with E-state index in [4.69, 9.17) is 0 Å². The second-order valence-electron chi connectivity index (χ2n) is 6.29. The van der Waals surface area contributed by atoms with Gasteiger partial charge in [-0.05, 0) is 19.3 Å². The fourth-order valence-corrected chi connectivity index (χ4v) is 3.46. The number of piperidine rings is 1. The number of likely N-dealkylation sites (tertiary alicyclic amines) is 1. The number of nitrogens with zero attached hydrogens (tertiary/aromatic N) is 3. The number of aromatic amines is 1. The molecule has 1 aromatic heterocycles. The summed E-state index contributed by atoms with van der Waals surface area (Å²) >= 11 is 0. The summed E-state index contributed by atoms with van der Waals surface area (Å²) in [5.74, 6) is 0.562. The molecule has 0 bridgehead atoms. The van der Waals surface area contributed by atoms with Gasteiger partial charge in [0.1, 0.15) is 5.82 Å². The zero-order valence-electron chi connectivity index (χ0n) is 13.6. The molecule has 2 aliphatic rings. The molecule has 1 N–H and O–H groups in total. The molecule has 1 unspecified atom stereocenters. The Morgan fingerprint density at radius 1 is 1.17 bits per heavy atom. The van der Waals surface area contributed by atoms with Crippen molar-refractivity contribution in [1.29, 1.82) is 0 Å². The number of nitrogens with one attached hydrogen (secondary N) is 1. The summed E-state index contributed by atoms with van der Waals surface area (Å²) in [4.78, 5) is 46.7. The summed E-state index contributed by atoms with van der Waals surface area (Å²) in [5.41, 5.74) is 1.14. The fraction of sp³-hybridized carbons (Fsp3) is 0.625. The number of rotatable bonds is 1. The van der Waals surface area contributed by atoms with Crippen molar-refractivity contribution in [3.8, 4) is 0 Å². The molecule has 1 atom stereocenters. The fourth-order valence-electron chi connectivity index (χ4n) is 3.46. The van der Waals surface area contributed by atoms with Gasteiger partial charge in [0.25, 0.3) is 5.56 Å². The zero-order valence-corrected chi connectivity index (χ0v) is 13.6. The van der Waals surface area contributed by atoms with E-state index in [-0.39, 0.29) is 23.4 Å². The van der Waals surface area contributed by atoms with Gasteiger partial charge in [0.15, 0.2) is 0 Å². The van der Waals surface area contributed by atoms with Gasteiger partial charge in [0, 0.05) is 33.4 Å². The summed E-state index contributed by atoms with van der Waals surface area (Å²) in [6, 6.07) is -0.148. The molecule has 0 aromatic carbocycles. The first-order chi connectivity index (χ1) is 11.0. The first-order valence-electron chi connectivity index (χ1n) is 8.12. The van der Waals surface area contributed by atoms with Crippen molar-refractivity contribution >= 4 is 11.8 Å². The van der Waals surface area contributed by atoms with Crippen molar-refractivity contribution in [2.75, 3.05) is 13.1 Å². The smallest absolute Gasteiger partial charge is 0.256 e. The third kappa shape index (κ3) is 3.00. The lowest BCUT2D eigenvalue weighted by atomic mass is 10.0. The number of fused-ring (bicyclic) bond motifs is 1. The van der Waals surface area contributed by atoms with Gasteiger partial charge in [-0.25, -0.2) is 4.98 Å². The van der Waals surface area contributed by atoms with E-state index in [9.17, 15) is 14.4 Å². The second kappa shape index (κ2) is 6.14. The molecule has 0 saturated carbocycles. The molecular formula is C16H22N4O3. The van der Waals surface area contributed by atoms with Crippen LogP contribution in [0.25, 0.3) is 0 Å². The van der Waals surface area contributed by atoms with Gasteiger partial charge in [-0.2, -0.15) is 0 Å². The van der Waals surface area contributed by atoms with Gasteiger partial charge in [-0.3, -0.25) is 14.4 Å². The molecule has 124 valence electrons. The van der Waals surface area contributed by atoms with Gasteiger partial charge in [-0.1, -0.05) is 0 Å². The van der Waals surface area contributed by atoms with Crippen molar-refractivity contribution in [3.05, 3.63) is 27.4 Å². The third-order valence-corrected chi connectivity index (χ3v) is 4.76. The normalized spacial score (nSPS) is 21.0. The van der Waals surface area contributed by atoms with E-state index < -0.39 is 0 Å². The van der Waals surface area contributed by atoms with Crippen LogP contribution in [-0.2, 0) is 22.6 Å². The largest absolute Gasteiger partial charge is 0.338 e. The molecule has 7 nitrogen and oxygen atoms in total. The Kier molecular flexibility index (Phi) is 4.19. The molecule has 0 radical (unpaired) electrons. The molecule has 23 heavy (non-hydrogen) atoms. The van der Waals surface area contributed by atoms with E-state index in [1.54, 1.807) is 16.7 Å². The van der Waals surface area contributed by atoms with Gasteiger partial charge < -0.3 is 14.8 Å². The number of carbonyl (C=O) groups excluding carboxylic acids is 2. The Bertz CT molecular complexity index is 697. The summed E-state index contributed by atoms with van der Waals surface area (Å²) in [7, 11) is 0. The van der Waals surface area contributed by atoms with E-state index in [0.717, 1.165) is 25.0 Å². The number of H-pyrrole nitrogens is 1. The Morgan fingerprint density at radius 3 is 2.65 bits per heavy atom. The van der Waals surface area contributed by atoms with Crippen LogP contribution < -0.4 is 5.56 Å². The van der Waals surface area contributed by atoms with Crippen LogP contribution in [0.5, 0.6) is 0 Å². The van der Waals surface area contributed by atoms with E-state index in [2.05, 4.69) is 9.97 Å². The zero-order chi connectivity index (χ0) is 16.6. The molecule has 0 aliphatic carbocycles. The minimum atomic E-state index is -0.190. The number of carbonyl (C=O) groups is 2. The highest BCUT2D eigenvalue weighted by Crippen LogP contribution is 2.29. The maximum Gasteiger partial charge on any atom is 0.256 e.